The van der Waals surface area contributed by atoms with E-state index in [0.29, 0.717) is 6.61 Å². The van der Waals surface area contributed by atoms with Crippen molar-refractivity contribution in [2.45, 2.75) is 13.1 Å². The minimum absolute atomic E-state index is 0. The molecule has 0 saturated heterocycles. The molecule has 2 heterocycles. The van der Waals surface area contributed by atoms with Crippen LogP contribution in [0.3, 0.4) is 0 Å². The highest BCUT2D eigenvalue weighted by molar-refractivity contribution is 5.85. The molecule has 0 fully saturated rings. The Morgan fingerprint density at radius 1 is 1.07 bits per heavy atom. The Bertz CT molecular complexity index is 886. The molecule has 140 valence electrons. The van der Waals surface area contributed by atoms with Crippen molar-refractivity contribution in [1.29, 1.82) is 0 Å². The van der Waals surface area contributed by atoms with E-state index in [0.717, 1.165) is 36.8 Å². The van der Waals surface area contributed by atoms with Crippen LogP contribution in [0.1, 0.15) is 11.1 Å². The number of halogens is 1. The van der Waals surface area contributed by atoms with E-state index in [4.69, 9.17) is 9.47 Å². The summed E-state index contributed by atoms with van der Waals surface area (Å²) in [5.74, 6) is 1.64. The zero-order valence-electron chi connectivity index (χ0n) is 15.3. The number of fused-ring (bicyclic) bond motifs is 1. The van der Waals surface area contributed by atoms with Gasteiger partial charge in [-0.1, -0.05) is 42.5 Å². The summed E-state index contributed by atoms with van der Waals surface area (Å²) in [7, 11) is 1.70. The fraction of sp³-hybridized carbons (Fsp3) is 0.227. The van der Waals surface area contributed by atoms with Gasteiger partial charge >= 0.3 is 0 Å². The molecule has 5 heteroatoms. The molecule has 0 amide bonds. The predicted octanol–water partition coefficient (Wildman–Crippen LogP) is 4.57. The Kier molecular flexibility index (Phi) is 6.32. The lowest BCUT2D eigenvalue weighted by molar-refractivity contribution is 0.217. The lowest BCUT2D eigenvalue weighted by Crippen LogP contribution is -2.25. The van der Waals surface area contributed by atoms with Crippen LogP contribution in [0.4, 0.5) is 0 Å². The molecule has 1 aliphatic rings. The second-order valence-electron chi connectivity index (χ2n) is 6.42. The van der Waals surface area contributed by atoms with Crippen LogP contribution in [0.2, 0.25) is 0 Å². The maximum absolute atomic E-state index is 5.95. The van der Waals surface area contributed by atoms with Gasteiger partial charge in [-0.2, -0.15) is 0 Å². The van der Waals surface area contributed by atoms with E-state index < -0.39 is 0 Å². The van der Waals surface area contributed by atoms with E-state index >= 15 is 0 Å². The normalized spacial score (nSPS) is 13.7. The van der Waals surface area contributed by atoms with Gasteiger partial charge in [-0.05, 0) is 34.9 Å². The highest BCUT2D eigenvalue weighted by Crippen LogP contribution is 2.32. The fourth-order valence-electron chi connectivity index (χ4n) is 3.38. The number of methoxy groups -OCH3 is 1. The van der Waals surface area contributed by atoms with Gasteiger partial charge in [0.15, 0.2) is 0 Å². The van der Waals surface area contributed by atoms with Gasteiger partial charge in [-0.15, -0.1) is 12.4 Å². The number of hydrogen-bond donors (Lipinski definition) is 0. The number of ether oxygens (including phenoxy) is 2. The van der Waals surface area contributed by atoms with Crippen molar-refractivity contribution in [2.24, 2.45) is 0 Å². The van der Waals surface area contributed by atoms with Crippen molar-refractivity contribution in [3.05, 3.63) is 78.0 Å². The fourth-order valence-corrected chi connectivity index (χ4v) is 3.38. The van der Waals surface area contributed by atoms with Crippen LogP contribution < -0.4 is 9.47 Å². The lowest BCUT2D eigenvalue weighted by Gasteiger charge is -2.20. The number of pyridine rings is 1. The number of benzene rings is 2. The molecule has 0 bridgehead atoms. The first-order valence-electron chi connectivity index (χ1n) is 8.85. The van der Waals surface area contributed by atoms with Crippen molar-refractivity contribution in [3.63, 3.8) is 0 Å². The summed E-state index contributed by atoms with van der Waals surface area (Å²) in [4.78, 5) is 6.86. The first-order valence-corrected chi connectivity index (χ1v) is 8.85. The molecule has 0 atom stereocenters. The molecule has 0 aliphatic carbocycles. The first-order chi connectivity index (χ1) is 12.8. The summed E-state index contributed by atoms with van der Waals surface area (Å²) >= 11 is 0. The molecule has 1 aliphatic heterocycles. The van der Waals surface area contributed by atoms with Crippen LogP contribution in [-0.4, -0.2) is 30.1 Å². The number of nitrogens with zero attached hydrogens (tertiary/aromatic N) is 2. The third-order valence-electron chi connectivity index (χ3n) is 4.67. The van der Waals surface area contributed by atoms with E-state index in [2.05, 4.69) is 52.3 Å². The van der Waals surface area contributed by atoms with Gasteiger partial charge in [0.05, 0.1) is 7.11 Å². The summed E-state index contributed by atoms with van der Waals surface area (Å²) in [6.07, 6.45) is 1.83. The Hall–Kier alpha value is -2.56. The second kappa shape index (κ2) is 8.89. The molecule has 0 spiro atoms. The first kappa shape index (κ1) is 19.2. The maximum Gasteiger partial charge on any atom is 0.218 e. The van der Waals surface area contributed by atoms with Crippen LogP contribution in [0.25, 0.3) is 11.1 Å². The highest BCUT2D eigenvalue weighted by atomic mass is 35.5. The van der Waals surface area contributed by atoms with E-state index in [1.165, 1.54) is 16.7 Å². The third-order valence-corrected chi connectivity index (χ3v) is 4.67. The zero-order valence-corrected chi connectivity index (χ0v) is 16.1. The summed E-state index contributed by atoms with van der Waals surface area (Å²) < 4.78 is 11.3. The van der Waals surface area contributed by atoms with Crippen LogP contribution in [-0.2, 0) is 13.1 Å². The van der Waals surface area contributed by atoms with Gasteiger partial charge in [0, 0.05) is 31.4 Å². The maximum atomic E-state index is 5.95. The van der Waals surface area contributed by atoms with E-state index in [1.54, 1.807) is 7.11 Å². The van der Waals surface area contributed by atoms with Gasteiger partial charge < -0.3 is 9.47 Å². The van der Waals surface area contributed by atoms with Gasteiger partial charge in [0.25, 0.3) is 0 Å². The average Bonchev–Trinajstić information content (AvgIpc) is 2.90. The molecule has 0 N–H and O–H groups in total. The molecule has 4 rings (SSSR count). The van der Waals surface area contributed by atoms with E-state index in [-0.39, 0.29) is 12.4 Å². The number of aromatic nitrogens is 1. The molecule has 2 aromatic carbocycles. The Labute approximate surface area is 166 Å². The Morgan fingerprint density at radius 3 is 2.74 bits per heavy atom. The van der Waals surface area contributed by atoms with Crippen molar-refractivity contribution in [2.75, 3.05) is 20.3 Å². The molecule has 1 aromatic heterocycles. The van der Waals surface area contributed by atoms with E-state index in [1.807, 2.05) is 24.4 Å². The van der Waals surface area contributed by atoms with Crippen molar-refractivity contribution >= 4 is 12.4 Å². The van der Waals surface area contributed by atoms with Gasteiger partial charge in [-0.3, -0.25) is 4.90 Å². The van der Waals surface area contributed by atoms with Gasteiger partial charge in [0.1, 0.15) is 12.4 Å². The minimum Gasteiger partial charge on any atom is -0.497 e. The monoisotopic (exact) mass is 382 g/mol. The van der Waals surface area contributed by atoms with Crippen LogP contribution in [0.15, 0.2) is 66.9 Å². The molecule has 3 aromatic rings. The average molecular weight is 383 g/mol. The Morgan fingerprint density at radius 2 is 1.93 bits per heavy atom. The summed E-state index contributed by atoms with van der Waals surface area (Å²) in [6, 6.07) is 20.7. The molecule has 27 heavy (non-hydrogen) atoms. The highest BCUT2D eigenvalue weighted by Gasteiger charge is 2.20. The third kappa shape index (κ3) is 4.41. The standard InChI is InChI=1S/C22H22N2O2.ClH/c1-25-19-9-5-6-17(14-19)15-24-12-13-26-22-21(16-24)20(10-11-23-22)18-7-3-2-4-8-18;/h2-11,14H,12-13,15-16H2,1H3;1H. The molecule has 0 unspecified atom stereocenters. The lowest BCUT2D eigenvalue weighted by atomic mass is 10.0. The second-order valence-corrected chi connectivity index (χ2v) is 6.42. The quantitative estimate of drug-likeness (QED) is 0.661. The molecule has 0 radical (unpaired) electrons. The number of hydrogen-bond acceptors (Lipinski definition) is 4. The summed E-state index contributed by atoms with van der Waals surface area (Å²) in [5, 5.41) is 0. The van der Waals surface area contributed by atoms with Gasteiger partial charge in [0.2, 0.25) is 5.88 Å². The Balaban J connectivity index is 0.00000210. The van der Waals surface area contributed by atoms with Gasteiger partial charge in [-0.25, -0.2) is 4.98 Å². The van der Waals surface area contributed by atoms with E-state index in [9.17, 15) is 0 Å². The SMILES string of the molecule is COc1cccc(CN2CCOc3nccc(-c4ccccc4)c3C2)c1.Cl. The summed E-state index contributed by atoms with van der Waals surface area (Å²) in [5.41, 5.74) is 4.77. The smallest absolute Gasteiger partial charge is 0.218 e. The minimum atomic E-state index is 0. The zero-order chi connectivity index (χ0) is 17.8. The molecule has 4 nitrogen and oxygen atoms in total. The van der Waals surface area contributed by atoms with Crippen LogP contribution >= 0.6 is 12.4 Å². The molecular weight excluding hydrogens is 360 g/mol. The number of rotatable bonds is 4. The molecule has 0 saturated carbocycles. The van der Waals surface area contributed by atoms with Crippen LogP contribution in [0.5, 0.6) is 11.6 Å². The largest absolute Gasteiger partial charge is 0.497 e. The molecular formula is C22H23ClN2O2. The topological polar surface area (TPSA) is 34.6 Å². The van der Waals surface area contributed by atoms with Crippen molar-refractivity contribution in [3.8, 4) is 22.8 Å². The van der Waals surface area contributed by atoms with Crippen LogP contribution in [0, 0.1) is 0 Å². The summed E-state index contributed by atoms with van der Waals surface area (Å²) in [6.45, 7) is 3.16. The van der Waals surface area contributed by atoms with Crippen molar-refractivity contribution < 1.29 is 9.47 Å². The predicted molar refractivity (Wildman–Crippen MR) is 110 cm³/mol. The van der Waals surface area contributed by atoms with Crippen molar-refractivity contribution in [1.82, 2.24) is 9.88 Å².